The van der Waals surface area contributed by atoms with Crippen LogP contribution in [0.1, 0.15) is 13.2 Å². The van der Waals surface area contributed by atoms with Gasteiger partial charge < -0.3 is 0 Å². The van der Waals surface area contributed by atoms with Crippen molar-refractivity contribution in [3.05, 3.63) is 16.9 Å². The zero-order valence-electron chi connectivity index (χ0n) is 4.97. The minimum atomic E-state index is -1.03. The summed E-state index contributed by atoms with van der Waals surface area (Å²) in [5.41, 5.74) is 0. The predicted molar refractivity (Wildman–Crippen MR) is 35.4 cm³/mol. The minimum absolute atomic E-state index is 0.555. The number of nitrogens with one attached hydrogen (secondary N) is 1. The largest absolute Gasteiger partial charge is 0.286 e. The normalized spacial score (nSPS) is 13.6. The van der Waals surface area contributed by atoms with E-state index >= 15 is 0 Å². The molecule has 0 aliphatic carbocycles. The zero-order chi connectivity index (χ0) is 6.85. The molecule has 0 radical (unpaired) electrons. The standard InChI is InChI=1S/C5H7FN2S/c1-4(6)8-3-2-5(9)7-8/h2-4H,1H3,(H,7,9). The van der Waals surface area contributed by atoms with Gasteiger partial charge in [-0.2, -0.15) is 0 Å². The van der Waals surface area contributed by atoms with Gasteiger partial charge in [-0.3, -0.25) is 9.78 Å². The highest BCUT2D eigenvalue weighted by molar-refractivity contribution is 7.71. The van der Waals surface area contributed by atoms with E-state index in [-0.39, 0.29) is 0 Å². The molecule has 0 saturated heterocycles. The van der Waals surface area contributed by atoms with Crippen molar-refractivity contribution in [3.8, 4) is 0 Å². The van der Waals surface area contributed by atoms with Crippen LogP contribution in [0.25, 0.3) is 0 Å². The Labute approximate surface area is 57.3 Å². The van der Waals surface area contributed by atoms with E-state index in [9.17, 15) is 4.39 Å². The van der Waals surface area contributed by atoms with Crippen LogP contribution in [0.3, 0.4) is 0 Å². The molecule has 1 unspecified atom stereocenters. The van der Waals surface area contributed by atoms with Crippen molar-refractivity contribution in [3.63, 3.8) is 0 Å². The van der Waals surface area contributed by atoms with Crippen LogP contribution in [0.5, 0.6) is 0 Å². The van der Waals surface area contributed by atoms with Gasteiger partial charge in [-0.15, -0.1) is 0 Å². The topological polar surface area (TPSA) is 20.7 Å². The van der Waals surface area contributed by atoms with Crippen molar-refractivity contribution in [1.82, 2.24) is 9.78 Å². The van der Waals surface area contributed by atoms with Crippen LogP contribution in [0.4, 0.5) is 4.39 Å². The van der Waals surface area contributed by atoms with E-state index in [4.69, 9.17) is 12.2 Å². The van der Waals surface area contributed by atoms with Crippen molar-refractivity contribution in [2.45, 2.75) is 13.2 Å². The predicted octanol–water partition coefficient (Wildman–Crippen LogP) is 2.03. The van der Waals surface area contributed by atoms with Crippen molar-refractivity contribution >= 4 is 12.2 Å². The summed E-state index contributed by atoms with van der Waals surface area (Å²) in [6, 6.07) is 1.64. The lowest BCUT2D eigenvalue weighted by Gasteiger charge is -1.99. The van der Waals surface area contributed by atoms with Crippen LogP contribution in [-0.4, -0.2) is 9.78 Å². The highest BCUT2D eigenvalue weighted by Gasteiger charge is 1.96. The van der Waals surface area contributed by atoms with Gasteiger partial charge in [-0.25, -0.2) is 4.39 Å². The third-order valence-corrected chi connectivity index (χ3v) is 1.24. The second-order valence-electron chi connectivity index (χ2n) is 1.77. The number of H-pyrrole nitrogens is 1. The Balaban J connectivity index is 2.98. The maximum Gasteiger partial charge on any atom is 0.186 e. The molecule has 0 fully saturated rings. The van der Waals surface area contributed by atoms with Crippen LogP contribution in [-0.2, 0) is 0 Å². The molecule has 0 spiro atoms. The molecule has 2 nitrogen and oxygen atoms in total. The molecule has 1 rings (SSSR count). The average Bonchev–Trinajstić information content (AvgIpc) is 2.14. The molecular formula is C5H7FN2S. The lowest BCUT2D eigenvalue weighted by molar-refractivity contribution is 0.245. The smallest absolute Gasteiger partial charge is 0.186 e. The Bertz CT molecular complexity index is 237. The Morgan fingerprint density at radius 2 is 2.56 bits per heavy atom. The Morgan fingerprint density at radius 3 is 2.78 bits per heavy atom. The number of rotatable bonds is 1. The molecule has 0 aliphatic rings. The van der Waals surface area contributed by atoms with Gasteiger partial charge in [-0.05, 0) is 13.0 Å². The summed E-state index contributed by atoms with van der Waals surface area (Å²) in [5, 5.41) is 2.63. The molecule has 1 heterocycles. The first-order chi connectivity index (χ1) is 4.20. The maximum atomic E-state index is 12.3. The summed E-state index contributed by atoms with van der Waals surface area (Å²) in [6.45, 7) is 1.44. The first kappa shape index (κ1) is 6.48. The van der Waals surface area contributed by atoms with E-state index < -0.39 is 6.30 Å². The summed E-state index contributed by atoms with van der Waals surface area (Å²) in [4.78, 5) is 0. The van der Waals surface area contributed by atoms with Crippen LogP contribution in [0.2, 0.25) is 0 Å². The van der Waals surface area contributed by atoms with Crippen molar-refractivity contribution in [2.24, 2.45) is 0 Å². The number of halogens is 1. The molecule has 50 valence electrons. The average molecular weight is 146 g/mol. The molecule has 0 aliphatic heterocycles. The van der Waals surface area contributed by atoms with Gasteiger partial charge >= 0.3 is 0 Å². The summed E-state index contributed by atoms with van der Waals surface area (Å²) >= 11 is 4.71. The highest BCUT2D eigenvalue weighted by atomic mass is 32.1. The van der Waals surface area contributed by atoms with Crippen molar-refractivity contribution in [1.29, 1.82) is 0 Å². The second-order valence-corrected chi connectivity index (χ2v) is 2.21. The first-order valence-electron chi connectivity index (χ1n) is 2.61. The molecule has 1 N–H and O–H groups in total. The van der Waals surface area contributed by atoms with E-state index in [1.165, 1.54) is 11.6 Å². The van der Waals surface area contributed by atoms with Gasteiger partial charge in [0.15, 0.2) is 6.30 Å². The number of aromatic nitrogens is 2. The molecule has 0 aromatic carbocycles. The molecule has 1 atom stereocenters. The summed E-state index contributed by atoms with van der Waals surface area (Å²) < 4.78 is 14.2. The number of aromatic amines is 1. The molecule has 9 heavy (non-hydrogen) atoms. The summed E-state index contributed by atoms with van der Waals surface area (Å²) in [6.07, 6.45) is 0.550. The van der Waals surface area contributed by atoms with Crippen molar-refractivity contribution < 1.29 is 4.39 Å². The third-order valence-electron chi connectivity index (χ3n) is 1.01. The number of hydrogen-bond acceptors (Lipinski definition) is 1. The SMILES string of the molecule is CC(F)n1ccc(=S)[nH]1. The van der Waals surface area contributed by atoms with Crippen LogP contribution < -0.4 is 0 Å². The number of alkyl halides is 1. The molecule has 4 heteroatoms. The Morgan fingerprint density at radius 1 is 1.89 bits per heavy atom. The van der Waals surface area contributed by atoms with Crippen LogP contribution in [0.15, 0.2) is 12.3 Å². The van der Waals surface area contributed by atoms with E-state index in [0.717, 1.165) is 0 Å². The number of nitrogens with zero attached hydrogens (tertiary/aromatic N) is 1. The maximum absolute atomic E-state index is 12.3. The first-order valence-corrected chi connectivity index (χ1v) is 3.02. The van der Waals surface area contributed by atoms with E-state index in [1.807, 2.05) is 0 Å². The highest BCUT2D eigenvalue weighted by Crippen LogP contribution is 2.02. The molecule has 1 aromatic heterocycles. The van der Waals surface area contributed by atoms with Gasteiger partial charge in [0.1, 0.15) is 4.64 Å². The third kappa shape index (κ3) is 1.38. The van der Waals surface area contributed by atoms with Crippen molar-refractivity contribution in [2.75, 3.05) is 0 Å². The summed E-state index contributed by atoms with van der Waals surface area (Å²) in [5.74, 6) is 0. The van der Waals surface area contributed by atoms with Gasteiger partial charge in [0.05, 0.1) is 0 Å². The Kier molecular flexibility index (Phi) is 1.66. The van der Waals surface area contributed by atoms with E-state index in [2.05, 4.69) is 5.10 Å². The molecule has 0 saturated carbocycles. The monoisotopic (exact) mass is 146 g/mol. The van der Waals surface area contributed by atoms with Gasteiger partial charge in [0.2, 0.25) is 0 Å². The lowest BCUT2D eigenvalue weighted by atomic mass is 10.7. The van der Waals surface area contributed by atoms with Crippen LogP contribution >= 0.6 is 12.2 Å². The molecule has 0 amide bonds. The molecular weight excluding hydrogens is 139 g/mol. The lowest BCUT2D eigenvalue weighted by Crippen LogP contribution is -1.98. The van der Waals surface area contributed by atoms with Gasteiger partial charge in [0, 0.05) is 6.20 Å². The fourth-order valence-corrected chi connectivity index (χ4v) is 0.724. The second kappa shape index (κ2) is 2.31. The van der Waals surface area contributed by atoms with E-state index in [1.54, 1.807) is 12.3 Å². The minimum Gasteiger partial charge on any atom is -0.286 e. The fourth-order valence-electron chi connectivity index (χ4n) is 0.557. The number of hydrogen-bond donors (Lipinski definition) is 1. The van der Waals surface area contributed by atoms with Crippen LogP contribution in [0, 0.1) is 4.64 Å². The fraction of sp³-hybridized carbons (Fsp3) is 0.400. The van der Waals surface area contributed by atoms with E-state index in [0.29, 0.717) is 4.64 Å². The van der Waals surface area contributed by atoms with Gasteiger partial charge in [-0.1, -0.05) is 12.2 Å². The zero-order valence-corrected chi connectivity index (χ0v) is 5.78. The molecule has 0 bridgehead atoms. The quantitative estimate of drug-likeness (QED) is 0.601. The van der Waals surface area contributed by atoms with Gasteiger partial charge in [0.25, 0.3) is 0 Å². The summed E-state index contributed by atoms with van der Waals surface area (Å²) in [7, 11) is 0. The Hall–Kier alpha value is -0.640. The molecule has 1 aromatic rings.